The van der Waals surface area contributed by atoms with Gasteiger partial charge in [0.1, 0.15) is 10.8 Å². The van der Waals surface area contributed by atoms with Gasteiger partial charge in [0.2, 0.25) is 5.91 Å². The molecule has 1 saturated heterocycles. The van der Waals surface area contributed by atoms with Crippen LogP contribution in [0.15, 0.2) is 41.9 Å². The summed E-state index contributed by atoms with van der Waals surface area (Å²) in [6.07, 6.45) is 5.33. The molecule has 33 heavy (non-hydrogen) atoms. The van der Waals surface area contributed by atoms with Crippen molar-refractivity contribution >= 4 is 23.3 Å². The molecule has 1 aliphatic heterocycles. The molecule has 2 atom stereocenters. The van der Waals surface area contributed by atoms with Crippen LogP contribution in [0.3, 0.4) is 0 Å². The SMILES string of the molecule is CNC[C@@H](C[C@H]1CCCC2(C1)OCCO2)C(=O)N(Cc1nccs1)C(=O)Oc1ccccc1. The zero-order chi connectivity index (χ0) is 23.1. The van der Waals surface area contributed by atoms with Gasteiger partial charge in [-0.1, -0.05) is 24.6 Å². The van der Waals surface area contributed by atoms with Gasteiger partial charge >= 0.3 is 6.09 Å². The first-order valence-corrected chi connectivity index (χ1v) is 12.4. The maximum atomic E-state index is 13.7. The Hall–Kier alpha value is -2.33. The fourth-order valence-electron chi connectivity index (χ4n) is 4.75. The molecule has 8 nitrogen and oxygen atoms in total. The van der Waals surface area contributed by atoms with Crippen molar-refractivity contribution in [1.29, 1.82) is 0 Å². The summed E-state index contributed by atoms with van der Waals surface area (Å²) in [7, 11) is 1.82. The monoisotopic (exact) mass is 473 g/mol. The molecule has 2 heterocycles. The molecule has 0 unspecified atom stereocenters. The number of ether oxygens (including phenoxy) is 3. The summed E-state index contributed by atoms with van der Waals surface area (Å²) in [6.45, 7) is 1.80. The van der Waals surface area contributed by atoms with Gasteiger partial charge in [-0.05, 0) is 37.9 Å². The van der Waals surface area contributed by atoms with E-state index in [1.54, 1.807) is 30.5 Å². The Labute approximate surface area is 198 Å². The normalized spacial score (nSPS) is 20.5. The highest BCUT2D eigenvalue weighted by molar-refractivity contribution is 7.09. The zero-order valence-corrected chi connectivity index (χ0v) is 19.7. The van der Waals surface area contributed by atoms with Crippen LogP contribution in [0.1, 0.15) is 37.1 Å². The second-order valence-electron chi connectivity index (χ2n) is 8.59. The maximum absolute atomic E-state index is 13.7. The number of aromatic nitrogens is 1. The van der Waals surface area contributed by atoms with E-state index in [-0.39, 0.29) is 24.3 Å². The number of nitrogens with one attached hydrogen (secondary N) is 1. The van der Waals surface area contributed by atoms with Crippen LogP contribution in [0.2, 0.25) is 0 Å². The Morgan fingerprint density at radius 1 is 1.30 bits per heavy atom. The van der Waals surface area contributed by atoms with E-state index >= 15 is 0 Å². The Morgan fingerprint density at radius 3 is 2.79 bits per heavy atom. The van der Waals surface area contributed by atoms with Gasteiger partial charge in [-0.2, -0.15) is 0 Å². The summed E-state index contributed by atoms with van der Waals surface area (Å²) in [5, 5.41) is 5.64. The number of nitrogens with zero attached hydrogens (tertiary/aromatic N) is 2. The van der Waals surface area contributed by atoms with Crippen LogP contribution in [0, 0.1) is 11.8 Å². The number of carbonyl (C=O) groups is 2. The molecule has 1 saturated carbocycles. The van der Waals surface area contributed by atoms with Crippen LogP contribution in [-0.2, 0) is 20.8 Å². The third-order valence-corrected chi connectivity index (χ3v) is 6.98. The van der Waals surface area contributed by atoms with Gasteiger partial charge in [-0.3, -0.25) is 4.79 Å². The Balaban J connectivity index is 1.49. The first-order valence-electron chi connectivity index (χ1n) is 11.5. The van der Waals surface area contributed by atoms with E-state index < -0.39 is 11.9 Å². The standard InChI is InChI=1S/C24H31N3O5S/c1-25-16-19(14-18-6-5-9-24(15-18)30-11-12-31-24)22(28)27(17-21-26-10-13-33-21)23(29)32-20-7-3-2-4-8-20/h2-4,7-8,10,13,18-19,25H,5-6,9,11-12,14-17H2,1H3/t18-,19-/m1/s1. The summed E-state index contributed by atoms with van der Waals surface area (Å²) >= 11 is 1.40. The van der Waals surface area contributed by atoms with E-state index in [1.165, 1.54) is 16.2 Å². The number of imide groups is 1. The third-order valence-electron chi connectivity index (χ3n) is 6.21. The summed E-state index contributed by atoms with van der Waals surface area (Å²) in [5.41, 5.74) is 0. The van der Waals surface area contributed by atoms with E-state index in [2.05, 4.69) is 10.3 Å². The Morgan fingerprint density at radius 2 is 2.09 bits per heavy atom. The van der Waals surface area contributed by atoms with Crippen LogP contribution in [0.5, 0.6) is 5.75 Å². The van der Waals surface area contributed by atoms with Gasteiger partial charge < -0.3 is 19.5 Å². The lowest BCUT2D eigenvalue weighted by Crippen LogP contribution is -2.45. The molecule has 2 amide bonds. The molecule has 1 aromatic carbocycles. The molecule has 178 valence electrons. The lowest BCUT2D eigenvalue weighted by atomic mass is 9.79. The molecule has 4 rings (SSSR count). The third kappa shape index (κ3) is 6.17. The van der Waals surface area contributed by atoms with Crippen molar-refractivity contribution < 1.29 is 23.8 Å². The van der Waals surface area contributed by atoms with Crippen molar-refractivity contribution in [2.45, 2.75) is 44.4 Å². The molecule has 0 radical (unpaired) electrons. The zero-order valence-electron chi connectivity index (χ0n) is 18.9. The van der Waals surface area contributed by atoms with Crippen molar-refractivity contribution in [2.75, 3.05) is 26.8 Å². The summed E-state index contributed by atoms with van der Waals surface area (Å²) in [4.78, 5) is 32.2. The van der Waals surface area contributed by atoms with Gasteiger partial charge in [0.25, 0.3) is 0 Å². The summed E-state index contributed by atoms with van der Waals surface area (Å²) in [5.74, 6) is -0.447. The number of amides is 2. The number of hydrogen-bond acceptors (Lipinski definition) is 8. The average molecular weight is 474 g/mol. The van der Waals surface area contributed by atoms with Crippen LogP contribution in [-0.4, -0.2) is 54.5 Å². The summed E-state index contributed by atoms with van der Waals surface area (Å²) < 4.78 is 17.4. The molecule has 1 aliphatic carbocycles. The second kappa shape index (κ2) is 11.2. The van der Waals surface area contributed by atoms with Crippen molar-refractivity contribution in [3.63, 3.8) is 0 Å². The molecule has 1 aromatic heterocycles. The Kier molecular flexibility index (Phi) is 8.08. The molecule has 1 N–H and O–H groups in total. The van der Waals surface area contributed by atoms with E-state index in [0.717, 1.165) is 25.7 Å². The van der Waals surface area contributed by atoms with Crippen LogP contribution < -0.4 is 10.1 Å². The van der Waals surface area contributed by atoms with E-state index in [4.69, 9.17) is 14.2 Å². The minimum absolute atomic E-state index is 0.0865. The van der Waals surface area contributed by atoms with Crippen molar-refractivity contribution in [1.82, 2.24) is 15.2 Å². The lowest BCUT2D eigenvalue weighted by Gasteiger charge is -2.37. The minimum Gasteiger partial charge on any atom is -0.410 e. The van der Waals surface area contributed by atoms with E-state index in [9.17, 15) is 9.59 Å². The lowest BCUT2D eigenvalue weighted by molar-refractivity contribution is -0.188. The van der Waals surface area contributed by atoms with Crippen LogP contribution in [0.4, 0.5) is 4.79 Å². The maximum Gasteiger partial charge on any atom is 0.422 e. The topological polar surface area (TPSA) is 90.0 Å². The van der Waals surface area contributed by atoms with E-state index in [0.29, 0.717) is 36.9 Å². The highest BCUT2D eigenvalue weighted by atomic mass is 32.1. The minimum atomic E-state index is -0.690. The molecule has 2 aromatic rings. The molecule has 2 aliphatic rings. The second-order valence-corrected chi connectivity index (χ2v) is 9.57. The molecular formula is C24H31N3O5S. The first-order chi connectivity index (χ1) is 16.1. The predicted molar refractivity (Wildman–Crippen MR) is 124 cm³/mol. The van der Waals surface area contributed by atoms with Gasteiger partial charge in [0.15, 0.2) is 5.79 Å². The van der Waals surface area contributed by atoms with Gasteiger partial charge in [0, 0.05) is 31.0 Å². The highest BCUT2D eigenvalue weighted by Crippen LogP contribution is 2.41. The van der Waals surface area contributed by atoms with Gasteiger partial charge in [0.05, 0.1) is 25.7 Å². The smallest absolute Gasteiger partial charge is 0.410 e. The van der Waals surface area contributed by atoms with Crippen molar-refractivity contribution in [2.24, 2.45) is 11.8 Å². The fourth-order valence-corrected chi connectivity index (χ4v) is 5.35. The molecule has 1 spiro atoms. The largest absolute Gasteiger partial charge is 0.422 e. The number of benzene rings is 1. The van der Waals surface area contributed by atoms with Gasteiger partial charge in [-0.15, -0.1) is 11.3 Å². The first kappa shape index (κ1) is 23.8. The fraction of sp³-hybridized carbons (Fsp3) is 0.542. The number of carbonyl (C=O) groups excluding carboxylic acids is 2. The van der Waals surface area contributed by atoms with Crippen molar-refractivity contribution in [3.05, 3.63) is 46.9 Å². The average Bonchev–Trinajstić information content (AvgIpc) is 3.50. The number of hydrogen-bond donors (Lipinski definition) is 1. The predicted octanol–water partition coefficient (Wildman–Crippen LogP) is 3.83. The molecule has 0 bridgehead atoms. The number of para-hydroxylation sites is 1. The van der Waals surface area contributed by atoms with Crippen LogP contribution in [0.25, 0.3) is 0 Å². The molecule has 9 heteroatoms. The van der Waals surface area contributed by atoms with E-state index in [1.807, 2.05) is 18.5 Å². The van der Waals surface area contributed by atoms with Gasteiger partial charge in [-0.25, -0.2) is 14.7 Å². The number of thiazole rings is 1. The van der Waals surface area contributed by atoms with Crippen LogP contribution >= 0.6 is 11.3 Å². The quantitative estimate of drug-likeness (QED) is 0.623. The molecular weight excluding hydrogens is 442 g/mol. The number of rotatable bonds is 8. The van der Waals surface area contributed by atoms with Crippen molar-refractivity contribution in [3.8, 4) is 5.75 Å². The molecule has 2 fully saturated rings. The summed E-state index contributed by atoms with van der Waals surface area (Å²) in [6, 6.07) is 8.79. The Bertz CT molecular complexity index is 902. The highest BCUT2D eigenvalue weighted by Gasteiger charge is 2.43.